The summed E-state index contributed by atoms with van der Waals surface area (Å²) in [5.41, 5.74) is 2.22. The van der Waals surface area contributed by atoms with Crippen molar-refractivity contribution in [3.8, 4) is 11.3 Å². The van der Waals surface area contributed by atoms with Crippen LogP contribution in [0.25, 0.3) is 22.2 Å². The van der Waals surface area contributed by atoms with Crippen LogP contribution in [-0.4, -0.2) is 28.6 Å². The van der Waals surface area contributed by atoms with E-state index in [2.05, 4.69) is 10.3 Å². The molecular formula is C23H23F3N2O2. The number of nitrogens with one attached hydrogen (secondary N) is 2. The molecule has 1 atom stereocenters. The highest BCUT2D eigenvalue weighted by Gasteiger charge is 2.38. The molecule has 3 aromatic rings. The first-order valence-corrected chi connectivity index (χ1v) is 10.1. The lowest BCUT2D eigenvalue weighted by Crippen LogP contribution is -2.44. The van der Waals surface area contributed by atoms with E-state index in [0.717, 1.165) is 11.6 Å². The van der Waals surface area contributed by atoms with Gasteiger partial charge >= 0.3 is 0 Å². The molecule has 3 N–H and O–H groups in total. The number of aromatic amines is 1. The van der Waals surface area contributed by atoms with Crippen LogP contribution < -0.4 is 5.32 Å². The summed E-state index contributed by atoms with van der Waals surface area (Å²) in [6, 6.07) is 7.66. The number of aliphatic hydroxyl groups is 1. The van der Waals surface area contributed by atoms with E-state index < -0.39 is 11.6 Å². The zero-order valence-corrected chi connectivity index (χ0v) is 16.5. The number of amides is 1. The van der Waals surface area contributed by atoms with Gasteiger partial charge in [-0.1, -0.05) is 6.92 Å². The molecule has 0 saturated heterocycles. The topological polar surface area (TPSA) is 65.1 Å². The van der Waals surface area contributed by atoms with Gasteiger partial charge in [-0.3, -0.25) is 4.79 Å². The second-order valence-electron chi connectivity index (χ2n) is 7.89. The largest absolute Gasteiger partial charge is 0.394 e. The molecule has 158 valence electrons. The Morgan fingerprint density at radius 3 is 2.50 bits per heavy atom. The third-order valence-corrected chi connectivity index (χ3v) is 5.97. The second kappa shape index (κ2) is 8.14. The Labute approximate surface area is 172 Å². The first kappa shape index (κ1) is 20.5. The molecule has 1 saturated carbocycles. The lowest BCUT2D eigenvalue weighted by Gasteiger charge is -2.35. The van der Waals surface area contributed by atoms with E-state index >= 15 is 0 Å². The maximum Gasteiger partial charge on any atom is 0.223 e. The highest BCUT2D eigenvalue weighted by atomic mass is 19.1. The van der Waals surface area contributed by atoms with Crippen molar-refractivity contribution in [1.29, 1.82) is 0 Å². The molecule has 1 fully saturated rings. The molecule has 0 unspecified atom stereocenters. The van der Waals surface area contributed by atoms with E-state index in [1.54, 1.807) is 12.1 Å². The SMILES string of the molecule is CC[C@@H](CO)NC(=O)C1CC(c2c(-c3ccc(F)cc3)[nH]c3c(F)cc(F)cc23)C1. The maximum absolute atomic E-state index is 14.4. The standard InChI is InChI=1S/C23H23F3N2O2/c1-2-17(11-29)27-23(30)14-7-13(8-14)20-18-9-16(25)10-19(26)22(18)28-21(20)12-3-5-15(24)6-4-12/h3-6,9-10,13-14,17,28-29H,2,7-8,11H2,1H3,(H,27,30)/t13?,14?,17-/m0/s1. The zero-order valence-electron chi connectivity index (χ0n) is 16.5. The maximum atomic E-state index is 14.4. The molecule has 0 aliphatic heterocycles. The number of carbonyl (C=O) groups excluding carboxylic acids is 1. The molecule has 1 aromatic heterocycles. The molecule has 0 radical (unpaired) electrons. The van der Waals surface area contributed by atoms with Crippen LogP contribution in [0.5, 0.6) is 0 Å². The summed E-state index contributed by atoms with van der Waals surface area (Å²) < 4.78 is 41.8. The van der Waals surface area contributed by atoms with Crippen LogP contribution in [0.2, 0.25) is 0 Å². The van der Waals surface area contributed by atoms with E-state index in [9.17, 15) is 23.1 Å². The predicted molar refractivity (Wildman–Crippen MR) is 108 cm³/mol. The van der Waals surface area contributed by atoms with E-state index in [1.165, 1.54) is 18.2 Å². The summed E-state index contributed by atoms with van der Waals surface area (Å²) in [6.45, 7) is 1.77. The fourth-order valence-corrected chi connectivity index (χ4v) is 4.17. The molecular weight excluding hydrogens is 393 g/mol. The fraction of sp³-hybridized carbons (Fsp3) is 0.348. The van der Waals surface area contributed by atoms with Crippen LogP contribution in [0.15, 0.2) is 36.4 Å². The van der Waals surface area contributed by atoms with E-state index in [0.29, 0.717) is 35.9 Å². The minimum Gasteiger partial charge on any atom is -0.394 e. The number of halogens is 3. The van der Waals surface area contributed by atoms with Crippen molar-refractivity contribution in [2.45, 2.75) is 38.1 Å². The number of aromatic nitrogens is 1. The molecule has 2 aromatic carbocycles. The average molecular weight is 416 g/mol. The molecule has 0 bridgehead atoms. The van der Waals surface area contributed by atoms with Gasteiger partial charge in [0.05, 0.1) is 23.9 Å². The zero-order chi connectivity index (χ0) is 21.4. The summed E-state index contributed by atoms with van der Waals surface area (Å²) in [5.74, 6) is -2.16. The first-order valence-electron chi connectivity index (χ1n) is 10.1. The van der Waals surface area contributed by atoms with Crippen LogP contribution in [0, 0.1) is 23.4 Å². The summed E-state index contributed by atoms with van der Waals surface area (Å²) in [6.07, 6.45) is 1.70. The summed E-state index contributed by atoms with van der Waals surface area (Å²) in [5, 5.41) is 12.6. The van der Waals surface area contributed by atoms with Gasteiger partial charge in [-0.2, -0.15) is 0 Å². The Kier molecular flexibility index (Phi) is 5.56. The van der Waals surface area contributed by atoms with Crippen molar-refractivity contribution >= 4 is 16.8 Å². The Morgan fingerprint density at radius 1 is 1.17 bits per heavy atom. The van der Waals surface area contributed by atoms with Crippen molar-refractivity contribution < 1.29 is 23.1 Å². The lowest BCUT2D eigenvalue weighted by molar-refractivity contribution is -0.129. The molecule has 4 rings (SSSR count). The Morgan fingerprint density at radius 2 is 1.87 bits per heavy atom. The Hall–Kier alpha value is -2.80. The number of H-pyrrole nitrogens is 1. The van der Waals surface area contributed by atoms with Crippen molar-refractivity contribution in [3.63, 3.8) is 0 Å². The van der Waals surface area contributed by atoms with Crippen LogP contribution in [0.4, 0.5) is 13.2 Å². The van der Waals surface area contributed by atoms with Crippen molar-refractivity contribution in [2.75, 3.05) is 6.61 Å². The molecule has 1 heterocycles. The highest BCUT2D eigenvalue weighted by Crippen LogP contribution is 2.48. The number of benzene rings is 2. The molecule has 1 aliphatic carbocycles. The van der Waals surface area contributed by atoms with Gasteiger partial charge in [0, 0.05) is 17.4 Å². The van der Waals surface area contributed by atoms with Crippen LogP contribution >= 0.6 is 0 Å². The normalized spacial score (nSPS) is 19.5. The van der Waals surface area contributed by atoms with Crippen molar-refractivity contribution in [2.24, 2.45) is 5.92 Å². The van der Waals surface area contributed by atoms with Gasteiger partial charge in [0.15, 0.2) is 0 Å². The summed E-state index contributed by atoms with van der Waals surface area (Å²) in [4.78, 5) is 15.5. The van der Waals surface area contributed by atoms with Gasteiger partial charge in [-0.15, -0.1) is 0 Å². The van der Waals surface area contributed by atoms with Gasteiger partial charge in [0.1, 0.15) is 17.5 Å². The van der Waals surface area contributed by atoms with Gasteiger partial charge in [-0.05, 0) is 66.6 Å². The monoisotopic (exact) mass is 416 g/mol. The average Bonchev–Trinajstić information content (AvgIpc) is 3.05. The Bertz CT molecular complexity index is 1070. The number of hydrogen-bond donors (Lipinski definition) is 3. The highest BCUT2D eigenvalue weighted by molar-refractivity contribution is 5.92. The van der Waals surface area contributed by atoms with E-state index in [4.69, 9.17) is 0 Å². The predicted octanol–water partition coefficient (Wildman–Crippen LogP) is 4.63. The van der Waals surface area contributed by atoms with Crippen LogP contribution in [0.1, 0.15) is 37.7 Å². The molecule has 1 aliphatic rings. The van der Waals surface area contributed by atoms with Crippen LogP contribution in [-0.2, 0) is 4.79 Å². The molecule has 4 nitrogen and oxygen atoms in total. The van der Waals surface area contributed by atoms with Crippen molar-refractivity contribution in [1.82, 2.24) is 10.3 Å². The molecule has 30 heavy (non-hydrogen) atoms. The first-order chi connectivity index (χ1) is 14.4. The van der Waals surface area contributed by atoms with Gasteiger partial charge < -0.3 is 15.4 Å². The van der Waals surface area contributed by atoms with E-state index in [1.807, 2.05) is 6.92 Å². The molecule has 0 spiro atoms. The third kappa shape index (κ3) is 3.69. The smallest absolute Gasteiger partial charge is 0.223 e. The Balaban J connectivity index is 1.67. The van der Waals surface area contributed by atoms with Gasteiger partial charge in [0.2, 0.25) is 5.91 Å². The van der Waals surface area contributed by atoms with Gasteiger partial charge in [0.25, 0.3) is 0 Å². The number of hydrogen-bond acceptors (Lipinski definition) is 2. The quantitative estimate of drug-likeness (QED) is 0.548. The van der Waals surface area contributed by atoms with Crippen LogP contribution in [0.3, 0.4) is 0 Å². The minimum atomic E-state index is -0.693. The van der Waals surface area contributed by atoms with E-state index in [-0.39, 0.29) is 41.7 Å². The minimum absolute atomic E-state index is 0.0649. The fourth-order valence-electron chi connectivity index (χ4n) is 4.17. The number of fused-ring (bicyclic) bond motifs is 1. The number of carbonyl (C=O) groups is 1. The summed E-state index contributed by atoms with van der Waals surface area (Å²) >= 11 is 0. The molecule has 1 amide bonds. The second-order valence-corrected chi connectivity index (χ2v) is 7.89. The van der Waals surface area contributed by atoms with Gasteiger partial charge in [-0.25, -0.2) is 13.2 Å². The summed E-state index contributed by atoms with van der Waals surface area (Å²) in [7, 11) is 0. The lowest BCUT2D eigenvalue weighted by atomic mass is 9.69. The number of aliphatic hydroxyl groups excluding tert-OH is 1. The molecule has 7 heteroatoms. The van der Waals surface area contributed by atoms with Crippen molar-refractivity contribution in [3.05, 3.63) is 59.4 Å². The third-order valence-electron chi connectivity index (χ3n) is 5.97. The number of rotatable bonds is 6.